The molecule has 0 atom stereocenters. The third-order valence-electron chi connectivity index (χ3n) is 3.34. The van der Waals surface area contributed by atoms with E-state index in [1.54, 1.807) is 0 Å². The average molecular weight is 298 g/mol. The third kappa shape index (κ3) is 4.41. The maximum atomic E-state index is 5.75. The lowest BCUT2D eigenvalue weighted by molar-refractivity contribution is 0.102. The fourth-order valence-electron chi connectivity index (χ4n) is 2.22. The van der Waals surface area contributed by atoms with Gasteiger partial charge in [0.2, 0.25) is 0 Å². The first-order chi connectivity index (χ1) is 8.36. The lowest BCUT2D eigenvalue weighted by atomic mass is 9.95. The fraction of sp³-hybridized carbons (Fsp3) is 0.571. The molecule has 1 heterocycles. The second kappa shape index (κ2) is 7.14. The highest BCUT2D eigenvalue weighted by molar-refractivity contribution is 9.10. The van der Waals surface area contributed by atoms with E-state index in [0.717, 1.165) is 17.0 Å². The summed E-state index contributed by atoms with van der Waals surface area (Å²) >= 11 is 3.54. The van der Waals surface area contributed by atoms with Gasteiger partial charge in [-0.1, -0.05) is 34.1 Å². The molecule has 0 aromatic heterocycles. The topological polar surface area (TPSA) is 21.3 Å². The van der Waals surface area contributed by atoms with E-state index in [1.807, 2.05) is 6.07 Å². The van der Waals surface area contributed by atoms with Crippen molar-refractivity contribution in [2.45, 2.75) is 25.9 Å². The molecule has 0 spiro atoms. The van der Waals surface area contributed by atoms with Crippen molar-refractivity contribution in [1.29, 1.82) is 0 Å². The van der Waals surface area contributed by atoms with Gasteiger partial charge in [0.25, 0.3) is 0 Å². The van der Waals surface area contributed by atoms with E-state index in [1.165, 1.54) is 37.9 Å². The molecule has 1 aromatic rings. The number of rotatable bonds is 5. The van der Waals surface area contributed by atoms with Crippen LogP contribution in [0.2, 0.25) is 0 Å². The molecule has 0 amide bonds. The molecular weight excluding hydrogens is 278 g/mol. The van der Waals surface area contributed by atoms with Crippen LogP contribution in [0.3, 0.4) is 0 Å². The molecule has 1 N–H and O–H groups in total. The number of hydrogen-bond acceptors (Lipinski definition) is 2. The van der Waals surface area contributed by atoms with E-state index in [0.29, 0.717) is 6.61 Å². The van der Waals surface area contributed by atoms with E-state index in [-0.39, 0.29) is 0 Å². The predicted octanol–water partition coefficient (Wildman–Crippen LogP) is 3.36. The Kier molecular flexibility index (Phi) is 5.49. The minimum atomic E-state index is 0.715. The minimum Gasteiger partial charge on any atom is -0.377 e. The minimum absolute atomic E-state index is 0.715. The Labute approximate surface area is 112 Å². The van der Waals surface area contributed by atoms with Crippen molar-refractivity contribution in [1.82, 2.24) is 5.32 Å². The summed E-state index contributed by atoms with van der Waals surface area (Å²) in [5.74, 6) is 0.857. The van der Waals surface area contributed by atoms with Gasteiger partial charge in [0.15, 0.2) is 0 Å². The summed E-state index contributed by atoms with van der Waals surface area (Å²) in [6.07, 6.45) is 3.81. The molecule has 3 heteroatoms. The molecule has 1 fully saturated rings. The van der Waals surface area contributed by atoms with Crippen LogP contribution in [0.25, 0.3) is 0 Å². The van der Waals surface area contributed by atoms with E-state index in [9.17, 15) is 0 Å². The first kappa shape index (κ1) is 13.1. The third-order valence-corrected chi connectivity index (χ3v) is 4.12. The molecule has 1 aliphatic rings. The van der Waals surface area contributed by atoms with Gasteiger partial charge in [-0.15, -0.1) is 0 Å². The van der Waals surface area contributed by atoms with Crippen molar-refractivity contribution in [2.24, 2.45) is 5.92 Å². The smallest absolute Gasteiger partial charge is 0.0727 e. The molecule has 94 valence electrons. The van der Waals surface area contributed by atoms with Gasteiger partial charge in [-0.05, 0) is 49.9 Å². The number of benzene rings is 1. The number of halogens is 1. The zero-order valence-electron chi connectivity index (χ0n) is 10.1. The van der Waals surface area contributed by atoms with Gasteiger partial charge in [-0.3, -0.25) is 0 Å². The zero-order chi connectivity index (χ0) is 11.9. The standard InChI is InChI=1S/C14H20BrNO/c15-14-4-2-1-3-13(14)11-17-10-7-12-5-8-16-9-6-12/h1-4,12,16H,5-11H2. The van der Waals surface area contributed by atoms with Gasteiger partial charge in [-0.25, -0.2) is 0 Å². The highest BCUT2D eigenvalue weighted by Gasteiger charge is 2.12. The van der Waals surface area contributed by atoms with Crippen LogP contribution in [0, 0.1) is 5.92 Å². The van der Waals surface area contributed by atoms with E-state index >= 15 is 0 Å². The van der Waals surface area contributed by atoms with Crippen LogP contribution in [0.15, 0.2) is 28.7 Å². The lowest BCUT2D eigenvalue weighted by Crippen LogP contribution is -2.28. The maximum Gasteiger partial charge on any atom is 0.0727 e. The second-order valence-corrected chi connectivity index (χ2v) is 5.48. The summed E-state index contributed by atoms with van der Waals surface area (Å²) in [6, 6.07) is 8.25. The average Bonchev–Trinajstić information content (AvgIpc) is 2.38. The van der Waals surface area contributed by atoms with E-state index in [4.69, 9.17) is 4.74 Å². The van der Waals surface area contributed by atoms with Crippen LogP contribution >= 0.6 is 15.9 Å². The van der Waals surface area contributed by atoms with Gasteiger partial charge >= 0.3 is 0 Å². The Bertz CT molecular complexity index is 337. The van der Waals surface area contributed by atoms with Crippen LogP contribution in [-0.4, -0.2) is 19.7 Å². The molecule has 2 rings (SSSR count). The van der Waals surface area contributed by atoms with Crippen LogP contribution < -0.4 is 5.32 Å². The normalized spacial score (nSPS) is 17.2. The van der Waals surface area contributed by atoms with Crippen molar-refractivity contribution in [3.05, 3.63) is 34.3 Å². The van der Waals surface area contributed by atoms with Crippen LogP contribution in [0.5, 0.6) is 0 Å². The molecule has 0 bridgehead atoms. The number of ether oxygens (including phenoxy) is 1. The van der Waals surface area contributed by atoms with Gasteiger partial charge in [0.05, 0.1) is 6.61 Å². The molecule has 0 unspecified atom stereocenters. The highest BCUT2D eigenvalue weighted by atomic mass is 79.9. The van der Waals surface area contributed by atoms with Gasteiger partial charge in [0, 0.05) is 11.1 Å². The van der Waals surface area contributed by atoms with Gasteiger partial charge < -0.3 is 10.1 Å². The van der Waals surface area contributed by atoms with Crippen LogP contribution in [-0.2, 0) is 11.3 Å². The first-order valence-electron chi connectivity index (χ1n) is 6.38. The molecule has 0 aliphatic carbocycles. The summed E-state index contributed by atoms with van der Waals surface area (Å²) in [5.41, 5.74) is 1.23. The van der Waals surface area contributed by atoms with Crippen LogP contribution in [0.1, 0.15) is 24.8 Å². The molecule has 0 radical (unpaired) electrons. The molecule has 1 saturated heterocycles. The van der Waals surface area contributed by atoms with Crippen molar-refractivity contribution in [2.75, 3.05) is 19.7 Å². The Morgan fingerprint density at radius 1 is 1.24 bits per heavy atom. The quantitative estimate of drug-likeness (QED) is 0.842. The predicted molar refractivity (Wildman–Crippen MR) is 74.0 cm³/mol. The second-order valence-electron chi connectivity index (χ2n) is 4.63. The largest absolute Gasteiger partial charge is 0.377 e. The Morgan fingerprint density at radius 3 is 2.76 bits per heavy atom. The van der Waals surface area contributed by atoms with Crippen molar-refractivity contribution < 1.29 is 4.74 Å². The summed E-state index contributed by atoms with van der Waals surface area (Å²) in [7, 11) is 0. The molecule has 1 aliphatic heterocycles. The fourth-order valence-corrected chi connectivity index (χ4v) is 2.62. The number of nitrogens with one attached hydrogen (secondary N) is 1. The zero-order valence-corrected chi connectivity index (χ0v) is 11.7. The molecule has 17 heavy (non-hydrogen) atoms. The van der Waals surface area contributed by atoms with Crippen molar-refractivity contribution in [3.8, 4) is 0 Å². The van der Waals surface area contributed by atoms with Crippen molar-refractivity contribution >= 4 is 15.9 Å². The van der Waals surface area contributed by atoms with Crippen molar-refractivity contribution in [3.63, 3.8) is 0 Å². The number of piperidine rings is 1. The van der Waals surface area contributed by atoms with Crippen LogP contribution in [0.4, 0.5) is 0 Å². The lowest BCUT2D eigenvalue weighted by Gasteiger charge is -2.22. The number of hydrogen-bond donors (Lipinski definition) is 1. The molecular formula is C14H20BrNO. The van der Waals surface area contributed by atoms with Gasteiger partial charge in [0.1, 0.15) is 0 Å². The summed E-state index contributed by atoms with van der Waals surface area (Å²) in [5, 5.41) is 3.39. The summed E-state index contributed by atoms with van der Waals surface area (Å²) in [4.78, 5) is 0. The summed E-state index contributed by atoms with van der Waals surface area (Å²) in [6.45, 7) is 3.95. The van der Waals surface area contributed by atoms with E-state index < -0.39 is 0 Å². The summed E-state index contributed by atoms with van der Waals surface area (Å²) < 4.78 is 6.89. The highest BCUT2D eigenvalue weighted by Crippen LogP contribution is 2.18. The molecule has 1 aromatic carbocycles. The first-order valence-corrected chi connectivity index (χ1v) is 7.17. The molecule has 2 nitrogen and oxygen atoms in total. The Hall–Kier alpha value is -0.380. The Balaban J connectivity index is 1.64. The monoisotopic (exact) mass is 297 g/mol. The Morgan fingerprint density at radius 2 is 2.00 bits per heavy atom. The maximum absolute atomic E-state index is 5.75. The van der Waals surface area contributed by atoms with E-state index in [2.05, 4.69) is 39.4 Å². The molecule has 0 saturated carbocycles. The van der Waals surface area contributed by atoms with Gasteiger partial charge in [-0.2, -0.15) is 0 Å². The SMILES string of the molecule is Brc1ccccc1COCCC1CCNCC1.